The van der Waals surface area contributed by atoms with E-state index < -0.39 is 0 Å². The maximum Gasteiger partial charge on any atom is 0.210 e. The fourth-order valence-electron chi connectivity index (χ4n) is 3.04. The van der Waals surface area contributed by atoms with E-state index in [1.54, 1.807) is 19.2 Å². The van der Waals surface area contributed by atoms with Crippen LogP contribution in [0.4, 0.5) is 0 Å². The van der Waals surface area contributed by atoms with Crippen LogP contribution in [-0.2, 0) is 0 Å². The van der Waals surface area contributed by atoms with Crippen LogP contribution in [0.3, 0.4) is 0 Å². The molecule has 5 nitrogen and oxygen atoms in total. The smallest absolute Gasteiger partial charge is 0.210 e. The zero-order valence-electron chi connectivity index (χ0n) is 16.4. The minimum absolute atomic E-state index is 0.0468. The summed E-state index contributed by atoms with van der Waals surface area (Å²) in [6, 6.07) is 26.9. The lowest BCUT2D eigenvalue weighted by Gasteiger charge is -2.10. The Morgan fingerprint density at radius 3 is 2.07 bits per heavy atom. The Kier molecular flexibility index (Phi) is 6.15. The second-order valence-corrected chi connectivity index (χ2v) is 7.38. The molecule has 4 rings (SSSR count). The van der Waals surface area contributed by atoms with E-state index in [2.05, 4.69) is 10.2 Å². The number of benzene rings is 3. The van der Waals surface area contributed by atoms with E-state index in [0.717, 1.165) is 16.8 Å². The van der Waals surface area contributed by atoms with Gasteiger partial charge >= 0.3 is 0 Å². The lowest BCUT2D eigenvalue weighted by molar-refractivity contribution is 0.101. The summed E-state index contributed by atoms with van der Waals surface area (Å²) in [5.41, 5.74) is 3.89. The van der Waals surface area contributed by atoms with Crippen LogP contribution >= 0.6 is 11.8 Å². The molecule has 0 aliphatic heterocycles. The molecule has 0 unspecified atom stereocenters. The molecule has 0 fully saturated rings. The monoisotopic (exact) mass is 413 g/mol. The molecule has 0 saturated heterocycles. The molecule has 6 heteroatoms. The van der Waals surface area contributed by atoms with Gasteiger partial charge in [-0.15, -0.1) is 10.2 Å². The van der Waals surface area contributed by atoms with Gasteiger partial charge in [-0.05, 0) is 12.1 Å². The molecular formula is C24H19N3O2S. The van der Waals surface area contributed by atoms with Crippen molar-refractivity contribution in [2.45, 2.75) is 5.16 Å². The maximum atomic E-state index is 12.7. The standard InChI is InChI=1S/C24H19N3O2S/c1-29-21-15-9-8-14-19(21)20(28)16-30-24-25-22(17-10-4-2-5-11-17)23(26-27-24)18-12-6-3-7-13-18/h2-15H,16H2,1H3. The first-order chi connectivity index (χ1) is 14.8. The van der Waals surface area contributed by atoms with Crippen LogP contribution in [0.5, 0.6) is 5.75 Å². The Morgan fingerprint density at radius 1 is 0.800 bits per heavy atom. The van der Waals surface area contributed by atoms with Gasteiger partial charge in [0, 0.05) is 11.1 Å². The Hall–Kier alpha value is -3.51. The number of carbonyl (C=O) groups excluding carboxylic acids is 1. The molecule has 0 bridgehead atoms. The Balaban J connectivity index is 1.63. The molecule has 0 amide bonds. The van der Waals surface area contributed by atoms with E-state index in [4.69, 9.17) is 9.72 Å². The van der Waals surface area contributed by atoms with Crippen molar-refractivity contribution < 1.29 is 9.53 Å². The van der Waals surface area contributed by atoms with Gasteiger partial charge in [0.25, 0.3) is 0 Å². The van der Waals surface area contributed by atoms with Crippen molar-refractivity contribution in [3.63, 3.8) is 0 Å². The molecule has 1 heterocycles. The SMILES string of the molecule is COc1ccccc1C(=O)CSc1nnc(-c2ccccc2)c(-c2ccccc2)n1. The van der Waals surface area contributed by atoms with Crippen LogP contribution in [0.25, 0.3) is 22.5 Å². The van der Waals surface area contributed by atoms with E-state index in [-0.39, 0.29) is 11.5 Å². The van der Waals surface area contributed by atoms with Crippen LogP contribution < -0.4 is 4.74 Å². The third-order valence-corrected chi connectivity index (χ3v) is 5.34. The third-order valence-electron chi connectivity index (χ3n) is 4.50. The highest BCUT2D eigenvalue weighted by molar-refractivity contribution is 7.99. The van der Waals surface area contributed by atoms with E-state index in [0.29, 0.717) is 22.2 Å². The first-order valence-corrected chi connectivity index (χ1v) is 10.4. The fourth-order valence-corrected chi connectivity index (χ4v) is 3.71. The summed E-state index contributed by atoms with van der Waals surface area (Å²) in [5.74, 6) is 0.710. The van der Waals surface area contributed by atoms with Gasteiger partial charge in [0.2, 0.25) is 5.16 Å². The Labute approximate surface area is 179 Å². The number of para-hydroxylation sites is 1. The molecule has 148 valence electrons. The number of thioether (sulfide) groups is 1. The Morgan fingerprint density at radius 2 is 1.40 bits per heavy atom. The highest BCUT2D eigenvalue weighted by Gasteiger charge is 2.16. The number of methoxy groups -OCH3 is 1. The van der Waals surface area contributed by atoms with Gasteiger partial charge in [0.05, 0.1) is 18.4 Å². The normalized spacial score (nSPS) is 10.6. The van der Waals surface area contributed by atoms with Gasteiger partial charge in [-0.2, -0.15) is 0 Å². The van der Waals surface area contributed by atoms with E-state index in [1.165, 1.54) is 11.8 Å². The summed E-state index contributed by atoms with van der Waals surface area (Å²) < 4.78 is 5.29. The zero-order valence-corrected chi connectivity index (χ0v) is 17.2. The average Bonchev–Trinajstić information content (AvgIpc) is 2.83. The van der Waals surface area contributed by atoms with Gasteiger partial charge in [0.1, 0.15) is 17.1 Å². The maximum absolute atomic E-state index is 12.7. The summed E-state index contributed by atoms with van der Waals surface area (Å²) in [5, 5.41) is 9.16. The van der Waals surface area contributed by atoms with Gasteiger partial charge in [-0.25, -0.2) is 4.98 Å². The number of aromatic nitrogens is 3. The summed E-state index contributed by atoms with van der Waals surface area (Å²) >= 11 is 1.27. The third kappa shape index (κ3) is 4.39. The number of rotatable bonds is 7. The zero-order chi connectivity index (χ0) is 20.8. The minimum atomic E-state index is -0.0468. The molecule has 3 aromatic carbocycles. The van der Waals surface area contributed by atoms with Crippen molar-refractivity contribution in [2.24, 2.45) is 0 Å². The molecule has 0 aliphatic rings. The quantitative estimate of drug-likeness (QED) is 0.307. The van der Waals surface area contributed by atoms with Gasteiger partial charge in [-0.1, -0.05) is 84.6 Å². The molecule has 30 heavy (non-hydrogen) atoms. The first kappa shape index (κ1) is 19.8. The molecule has 0 spiro atoms. The molecule has 0 radical (unpaired) electrons. The van der Waals surface area contributed by atoms with E-state index in [9.17, 15) is 4.79 Å². The number of ketones is 1. The molecule has 0 aliphatic carbocycles. The van der Waals surface area contributed by atoms with Crippen LogP contribution in [-0.4, -0.2) is 33.8 Å². The predicted molar refractivity (Wildman–Crippen MR) is 119 cm³/mol. The number of Topliss-reactive ketones (excluding diaryl/α,β-unsaturated/α-hetero) is 1. The minimum Gasteiger partial charge on any atom is -0.496 e. The largest absolute Gasteiger partial charge is 0.496 e. The fraction of sp³-hybridized carbons (Fsp3) is 0.0833. The van der Waals surface area contributed by atoms with Crippen molar-refractivity contribution in [1.82, 2.24) is 15.2 Å². The molecule has 0 atom stereocenters. The van der Waals surface area contributed by atoms with Crippen LogP contribution in [0.2, 0.25) is 0 Å². The second-order valence-electron chi connectivity index (χ2n) is 6.44. The highest BCUT2D eigenvalue weighted by atomic mass is 32.2. The van der Waals surface area contributed by atoms with Gasteiger partial charge < -0.3 is 4.74 Å². The van der Waals surface area contributed by atoms with Crippen LogP contribution in [0.1, 0.15) is 10.4 Å². The molecule has 4 aromatic rings. The summed E-state index contributed by atoms with van der Waals surface area (Å²) in [6.07, 6.45) is 0. The van der Waals surface area contributed by atoms with Crippen molar-refractivity contribution in [3.8, 4) is 28.3 Å². The van der Waals surface area contributed by atoms with Gasteiger partial charge in [0.15, 0.2) is 5.78 Å². The number of carbonyl (C=O) groups is 1. The van der Waals surface area contributed by atoms with E-state index >= 15 is 0 Å². The van der Waals surface area contributed by atoms with Crippen molar-refractivity contribution in [1.29, 1.82) is 0 Å². The van der Waals surface area contributed by atoms with Crippen molar-refractivity contribution in [3.05, 3.63) is 90.5 Å². The van der Waals surface area contributed by atoms with Crippen molar-refractivity contribution >= 4 is 17.5 Å². The lowest BCUT2D eigenvalue weighted by Crippen LogP contribution is -2.06. The summed E-state index contributed by atoms with van der Waals surface area (Å²) in [6.45, 7) is 0. The molecular weight excluding hydrogens is 394 g/mol. The number of hydrogen-bond acceptors (Lipinski definition) is 6. The summed E-state index contributed by atoms with van der Waals surface area (Å²) in [7, 11) is 1.56. The second kappa shape index (κ2) is 9.33. The molecule has 0 saturated carbocycles. The molecule has 0 N–H and O–H groups in total. The number of nitrogens with zero attached hydrogens (tertiary/aromatic N) is 3. The summed E-state index contributed by atoms with van der Waals surface area (Å²) in [4.78, 5) is 17.4. The highest BCUT2D eigenvalue weighted by Crippen LogP contribution is 2.30. The lowest BCUT2D eigenvalue weighted by atomic mass is 10.0. The van der Waals surface area contributed by atoms with E-state index in [1.807, 2.05) is 72.8 Å². The van der Waals surface area contributed by atoms with Gasteiger partial charge in [-0.3, -0.25) is 4.79 Å². The number of hydrogen-bond donors (Lipinski definition) is 0. The van der Waals surface area contributed by atoms with Crippen LogP contribution in [0.15, 0.2) is 90.1 Å². The van der Waals surface area contributed by atoms with Crippen LogP contribution in [0, 0.1) is 0 Å². The number of ether oxygens (including phenoxy) is 1. The average molecular weight is 414 g/mol. The van der Waals surface area contributed by atoms with Crippen molar-refractivity contribution in [2.75, 3.05) is 12.9 Å². The molecule has 1 aromatic heterocycles. The Bertz CT molecular complexity index is 1150. The predicted octanol–water partition coefficient (Wildman–Crippen LogP) is 5.19. The first-order valence-electron chi connectivity index (χ1n) is 9.41. The topological polar surface area (TPSA) is 65.0 Å².